The summed E-state index contributed by atoms with van der Waals surface area (Å²) in [6, 6.07) is 7.17. The van der Waals surface area contributed by atoms with Crippen molar-refractivity contribution < 1.29 is 28.4 Å². The number of hydrogen-bond acceptors (Lipinski definition) is 7. The van der Waals surface area contributed by atoms with Gasteiger partial charge in [-0.1, -0.05) is 38.1 Å². The number of rotatable bonds is 6. The maximum atomic E-state index is 13.9. The highest BCUT2D eigenvalue weighted by Crippen LogP contribution is 2.48. The normalized spacial score (nSPS) is 23.7. The smallest absolute Gasteiger partial charge is 0.453 e. The SMILES string of the molecule is COC(=O)N[C@H](C(=O)N1CC2(CCOCC2)CC1c1ncc(-c2ccc(B3OC(C)(C)C(C)(C)O3)cc2)[nH]1)C(C)C. The van der Waals surface area contributed by atoms with E-state index < -0.39 is 30.5 Å². The molecule has 0 saturated carbocycles. The number of methoxy groups -OCH3 is 1. The first-order valence-electron chi connectivity index (χ1n) is 14.6. The number of H-pyrrole nitrogens is 1. The van der Waals surface area contributed by atoms with E-state index in [1.807, 2.05) is 76.9 Å². The van der Waals surface area contributed by atoms with Crippen molar-refractivity contribution in [1.29, 1.82) is 0 Å². The van der Waals surface area contributed by atoms with Gasteiger partial charge in [0.15, 0.2) is 0 Å². The van der Waals surface area contributed by atoms with Crippen molar-refractivity contribution in [2.45, 2.75) is 84.1 Å². The fourth-order valence-electron chi connectivity index (χ4n) is 6.03. The van der Waals surface area contributed by atoms with Crippen LogP contribution in [0.4, 0.5) is 4.79 Å². The molecule has 2 aromatic rings. The Labute approximate surface area is 243 Å². The molecule has 1 spiro atoms. The van der Waals surface area contributed by atoms with E-state index in [0.717, 1.165) is 41.8 Å². The van der Waals surface area contributed by atoms with Crippen LogP contribution in [-0.2, 0) is 23.6 Å². The molecule has 3 aliphatic rings. The number of hydrogen-bond donors (Lipinski definition) is 2. The Hall–Kier alpha value is -2.89. The zero-order valence-electron chi connectivity index (χ0n) is 25.3. The number of alkyl carbamates (subject to hydrolysis) is 1. The van der Waals surface area contributed by atoms with Gasteiger partial charge in [0.25, 0.3) is 0 Å². The minimum atomic E-state index is -0.697. The molecule has 2 amide bonds. The molecule has 0 aliphatic carbocycles. The molecule has 10 nitrogen and oxygen atoms in total. The minimum absolute atomic E-state index is 0.0389. The fourth-order valence-corrected chi connectivity index (χ4v) is 6.03. The average molecular weight is 567 g/mol. The molecule has 41 heavy (non-hydrogen) atoms. The van der Waals surface area contributed by atoms with E-state index in [9.17, 15) is 9.59 Å². The van der Waals surface area contributed by atoms with Gasteiger partial charge in [-0.2, -0.15) is 0 Å². The Morgan fingerprint density at radius 2 is 1.73 bits per heavy atom. The molecule has 3 aliphatic heterocycles. The maximum Gasteiger partial charge on any atom is 0.494 e. The number of nitrogens with zero attached hydrogens (tertiary/aromatic N) is 2. The second-order valence-electron chi connectivity index (χ2n) is 13.0. The van der Waals surface area contributed by atoms with Gasteiger partial charge in [-0.05, 0) is 69.3 Å². The van der Waals surface area contributed by atoms with E-state index in [1.165, 1.54) is 7.11 Å². The highest BCUT2D eigenvalue weighted by molar-refractivity contribution is 6.62. The molecule has 222 valence electrons. The van der Waals surface area contributed by atoms with Crippen LogP contribution in [0, 0.1) is 11.3 Å². The van der Waals surface area contributed by atoms with E-state index in [2.05, 4.69) is 10.3 Å². The van der Waals surface area contributed by atoms with Crippen LogP contribution < -0.4 is 10.8 Å². The van der Waals surface area contributed by atoms with Gasteiger partial charge in [0.05, 0.1) is 36.2 Å². The monoisotopic (exact) mass is 566 g/mol. The Kier molecular flexibility index (Phi) is 8.00. The summed E-state index contributed by atoms with van der Waals surface area (Å²) in [6.07, 6.45) is 3.77. The summed E-state index contributed by atoms with van der Waals surface area (Å²) in [5.41, 5.74) is 1.97. The zero-order chi connectivity index (χ0) is 29.6. The molecule has 11 heteroatoms. The summed E-state index contributed by atoms with van der Waals surface area (Å²) in [5.74, 6) is 0.513. The lowest BCUT2D eigenvalue weighted by molar-refractivity contribution is -0.136. The Morgan fingerprint density at radius 1 is 1.10 bits per heavy atom. The third-order valence-electron chi connectivity index (χ3n) is 9.39. The van der Waals surface area contributed by atoms with Gasteiger partial charge >= 0.3 is 13.2 Å². The van der Waals surface area contributed by atoms with Gasteiger partial charge in [-0.15, -0.1) is 0 Å². The summed E-state index contributed by atoms with van der Waals surface area (Å²) in [6.45, 7) is 14.0. The van der Waals surface area contributed by atoms with Gasteiger partial charge in [0.1, 0.15) is 11.9 Å². The van der Waals surface area contributed by atoms with Gasteiger partial charge in [-0.25, -0.2) is 9.78 Å². The molecule has 5 rings (SSSR count). The lowest BCUT2D eigenvalue weighted by Crippen LogP contribution is -2.51. The number of carbonyl (C=O) groups is 2. The molecule has 2 N–H and O–H groups in total. The summed E-state index contributed by atoms with van der Waals surface area (Å²) < 4.78 is 22.9. The van der Waals surface area contributed by atoms with Crippen molar-refractivity contribution in [2.24, 2.45) is 11.3 Å². The van der Waals surface area contributed by atoms with Crippen LogP contribution in [0.5, 0.6) is 0 Å². The van der Waals surface area contributed by atoms with Gasteiger partial charge < -0.3 is 34.0 Å². The first-order chi connectivity index (χ1) is 19.3. The van der Waals surface area contributed by atoms with Crippen molar-refractivity contribution in [3.8, 4) is 11.3 Å². The third-order valence-corrected chi connectivity index (χ3v) is 9.39. The lowest BCUT2D eigenvalue weighted by atomic mass is 9.78. The van der Waals surface area contributed by atoms with Crippen LogP contribution in [0.1, 0.15) is 72.7 Å². The number of nitrogens with one attached hydrogen (secondary N) is 2. The second-order valence-corrected chi connectivity index (χ2v) is 13.0. The minimum Gasteiger partial charge on any atom is -0.453 e. The van der Waals surface area contributed by atoms with Crippen LogP contribution in [0.25, 0.3) is 11.3 Å². The van der Waals surface area contributed by atoms with Gasteiger partial charge in [-0.3, -0.25) is 4.79 Å². The molecule has 1 aromatic carbocycles. The summed E-state index contributed by atoms with van der Waals surface area (Å²) in [4.78, 5) is 36.2. The predicted octanol–water partition coefficient (Wildman–Crippen LogP) is 3.83. The first-order valence-corrected chi connectivity index (χ1v) is 14.6. The maximum absolute atomic E-state index is 13.9. The topological polar surface area (TPSA) is 115 Å². The number of likely N-dealkylation sites (tertiary alicyclic amines) is 1. The molecule has 3 fully saturated rings. The number of amides is 2. The van der Waals surface area contributed by atoms with Crippen molar-refractivity contribution in [2.75, 3.05) is 26.9 Å². The molecule has 0 radical (unpaired) electrons. The van der Waals surface area contributed by atoms with Crippen molar-refractivity contribution >= 4 is 24.6 Å². The molecule has 0 bridgehead atoms. The van der Waals surface area contributed by atoms with Crippen molar-refractivity contribution in [3.05, 3.63) is 36.3 Å². The standard InChI is InChI=1S/C30H43BN4O6/c1-19(2)24(34-27(37)38-7)26(36)35-18-30(12-14-39-15-13-30)16-23(35)25-32-17-22(33-25)20-8-10-21(11-9-20)31-40-28(3,4)29(5,6)41-31/h8-11,17,19,23-24H,12-16,18H2,1-7H3,(H,32,33)(H,34,37)/t23?,24-/m0/s1. The van der Waals surface area contributed by atoms with Crippen LogP contribution >= 0.6 is 0 Å². The highest BCUT2D eigenvalue weighted by atomic mass is 16.7. The van der Waals surface area contributed by atoms with Gasteiger partial charge in [0, 0.05) is 19.8 Å². The van der Waals surface area contributed by atoms with E-state index in [1.54, 1.807) is 0 Å². The first kappa shape index (κ1) is 29.6. The van der Waals surface area contributed by atoms with Crippen LogP contribution in [0.2, 0.25) is 0 Å². The highest BCUT2D eigenvalue weighted by Gasteiger charge is 2.52. The molecule has 3 saturated heterocycles. The summed E-state index contributed by atoms with van der Waals surface area (Å²) in [7, 11) is 0.881. The second kappa shape index (κ2) is 11.1. The largest absolute Gasteiger partial charge is 0.494 e. The number of ether oxygens (including phenoxy) is 2. The molecule has 4 heterocycles. The summed E-state index contributed by atoms with van der Waals surface area (Å²) >= 11 is 0. The van der Waals surface area contributed by atoms with Crippen LogP contribution in [0.15, 0.2) is 30.5 Å². The zero-order valence-corrected chi connectivity index (χ0v) is 25.3. The number of aromatic amines is 1. The Bertz CT molecular complexity index is 1240. The van der Waals surface area contributed by atoms with Gasteiger partial charge in [0.2, 0.25) is 5.91 Å². The number of benzene rings is 1. The van der Waals surface area contributed by atoms with E-state index in [4.69, 9.17) is 23.8 Å². The number of carbonyl (C=O) groups excluding carboxylic acids is 2. The quantitative estimate of drug-likeness (QED) is 0.511. The summed E-state index contributed by atoms with van der Waals surface area (Å²) in [5, 5.41) is 2.75. The Morgan fingerprint density at radius 3 is 2.32 bits per heavy atom. The van der Waals surface area contributed by atoms with E-state index >= 15 is 0 Å². The van der Waals surface area contributed by atoms with E-state index in [0.29, 0.717) is 19.8 Å². The molecule has 1 aromatic heterocycles. The Balaban J connectivity index is 1.38. The molecule has 1 unspecified atom stereocenters. The molecule has 2 atom stereocenters. The van der Waals surface area contributed by atoms with Crippen LogP contribution in [0.3, 0.4) is 0 Å². The van der Waals surface area contributed by atoms with Crippen molar-refractivity contribution in [1.82, 2.24) is 20.2 Å². The van der Waals surface area contributed by atoms with E-state index in [-0.39, 0.29) is 23.3 Å². The van der Waals surface area contributed by atoms with Crippen LogP contribution in [-0.4, -0.2) is 78.1 Å². The molecular formula is C30H43BN4O6. The fraction of sp³-hybridized carbons (Fsp3) is 0.633. The van der Waals surface area contributed by atoms with Crippen molar-refractivity contribution in [3.63, 3.8) is 0 Å². The third kappa shape index (κ3) is 5.76. The lowest BCUT2D eigenvalue weighted by Gasteiger charge is -2.34. The predicted molar refractivity (Wildman–Crippen MR) is 155 cm³/mol. The number of imidazole rings is 1. The molecular weight excluding hydrogens is 523 g/mol. The number of aromatic nitrogens is 2. The average Bonchev–Trinajstić information content (AvgIpc) is 3.61.